The highest BCUT2D eigenvalue weighted by atomic mass is 16.6. The predicted octanol–water partition coefficient (Wildman–Crippen LogP) is 5.00. The highest BCUT2D eigenvalue weighted by Crippen LogP contribution is 2.27. The summed E-state index contributed by atoms with van der Waals surface area (Å²) in [5.41, 5.74) is 2.03. The molecule has 0 radical (unpaired) electrons. The van der Waals surface area contributed by atoms with Crippen molar-refractivity contribution < 1.29 is 14.5 Å². The molecule has 0 aliphatic heterocycles. The lowest BCUT2D eigenvalue weighted by atomic mass is 9.87. The number of amides is 1. The fourth-order valence-electron chi connectivity index (χ4n) is 2.69. The quantitative estimate of drug-likeness (QED) is 0.573. The van der Waals surface area contributed by atoms with Gasteiger partial charge in [0.25, 0.3) is 11.6 Å². The van der Waals surface area contributed by atoms with Crippen LogP contribution >= 0.6 is 0 Å². The lowest BCUT2D eigenvalue weighted by Gasteiger charge is -2.21. The van der Waals surface area contributed by atoms with E-state index >= 15 is 0 Å². The molecule has 6 heteroatoms. The Morgan fingerprint density at radius 2 is 1.81 bits per heavy atom. The molecule has 1 N–H and O–H groups in total. The van der Waals surface area contributed by atoms with Gasteiger partial charge >= 0.3 is 0 Å². The number of carbonyl (C=O) groups excluding carboxylic acids is 1. The van der Waals surface area contributed by atoms with Crippen LogP contribution in [0.4, 0.5) is 11.4 Å². The number of ether oxygens (including phenoxy) is 1. The Morgan fingerprint density at radius 1 is 1.19 bits per heavy atom. The second-order valence-corrected chi connectivity index (χ2v) is 7.49. The fraction of sp³-hybridized carbons (Fsp3) is 0.381. The van der Waals surface area contributed by atoms with Crippen molar-refractivity contribution in [1.29, 1.82) is 0 Å². The smallest absolute Gasteiger partial charge is 0.274 e. The van der Waals surface area contributed by atoms with Gasteiger partial charge in [-0.05, 0) is 42.5 Å². The first-order valence-electron chi connectivity index (χ1n) is 8.95. The Kier molecular flexibility index (Phi) is 6.20. The third-order valence-electron chi connectivity index (χ3n) is 4.42. The van der Waals surface area contributed by atoms with Gasteiger partial charge in [-0.3, -0.25) is 14.9 Å². The molecular weight excluding hydrogens is 344 g/mol. The van der Waals surface area contributed by atoms with Crippen molar-refractivity contribution in [2.75, 3.05) is 5.32 Å². The number of nitro groups is 1. The summed E-state index contributed by atoms with van der Waals surface area (Å²) in [5, 5.41) is 13.8. The van der Waals surface area contributed by atoms with Gasteiger partial charge < -0.3 is 10.1 Å². The van der Waals surface area contributed by atoms with Crippen LogP contribution in [0.2, 0.25) is 0 Å². The standard InChI is InChI=1S/C21H26N2O4/c1-6-19(27-16-12-10-15(11-13-16)21(3,4)5)20(24)22-17-8-7-9-18(14(17)2)23(25)26/h7-13,19H,6H2,1-5H3,(H,22,24)/t19-/m1/s1. The summed E-state index contributed by atoms with van der Waals surface area (Å²) in [5.74, 6) is 0.279. The van der Waals surface area contributed by atoms with Crippen molar-refractivity contribution in [2.45, 2.75) is 52.6 Å². The van der Waals surface area contributed by atoms with Crippen LogP contribution in [0.3, 0.4) is 0 Å². The Hall–Kier alpha value is -2.89. The van der Waals surface area contributed by atoms with Crippen molar-refractivity contribution in [2.24, 2.45) is 0 Å². The minimum atomic E-state index is -0.691. The average Bonchev–Trinajstić information content (AvgIpc) is 2.60. The van der Waals surface area contributed by atoms with Gasteiger partial charge in [0, 0.05) is 6.07 Å². The van der Waals surface area contributed by atoms with Crippen LogP contribution in [0, 0.1) is 17.0 Å². The Labute approximate surface area is 159 Å². The first-order chi connectivity index (χ1) is 12.6. The highest BCUT2D eigenvalue weighted by Gasteiger charge is 2.22. The van der Waals surface area contributed by atoms with Crippen LogP contribution in [-0.2, 0) is 10.2 Å². The molecule has 0 bridgehead atoms. The first kappa shape index (κ1) is 20.4. The third-order valence-corrected chi connectivity index (χ3v) is 4.42. The maximum absolute atomic E-state index is 12.6. The van der Waals surface area contributed by atoms with Gasteiger partial charge in [0.15, 0.2) is 6.10 Å². The van der Waals surface area contributed by atoms with Crippen LogP contribution < -0.4 is 10.1 Å². The van der Waals surface area contributed by atoms with Gasteiger partial charge in [0.2, 0.25) is 0 Å². The summed E-state index contributed by atoms with van der Waals surface area (Å²) in [6.45, 7) is 9.86. The molecule has 0 unspecified atom stereocenters. The predicted molar refractivity (Wildman–Crippen MR) is 106 cm³/mol. The second-order valence-electron chi connectivity index (χ2n) is 7.49. The van der Waals surface area contributed by atoms with E-state index in [1.807, 2.05) is 31.2 Å². The van der Waals surface area contributed by atoms with Crippen LogP contribution in [-0.4, -0.2) is 16.9 Å². The average molecular weight is 370 g/mol. The number of hydrogen-bond acceptors (Lipinski definition) is 4. The fourth-order valence-corrected chi connectivity index (χ4v) is 2.69. The SMILES string of the molecule is CC[C@@H](Oc1ccc(C(C)(C)C)cc1)C(=O)Nc1cccc([N+](=O)[O-])c1C. The van der Waals surface area contributed by atoms with E-state index in [9.17, 15) is 14.9 Å². The normalized spacial score (nSPS) is 12.3. The molecule has 0 fully saturated rings. The van der Waals surface area contributed by atoms with Crippen molar-refractivity contribution in [1.82, 2.24) is 0 Å². The Balaban J connectivity index is 2.13. The number of nitrogens with zero attached hydrogens (tertiary/aromatic N) is 1. The van der Waals surface area contributed by atoms with Crippen molar-refractivity contribution in [3.05, 3.63) is 63.7 Å². The van der Waals surface area contributed by atoms with Crippen LogP contribution in [0.25, 0.3) is 0 Å². The van der Waals surface area contributed by atoms with Crippen LogP contribution in [0.15, 0.2) is 42.5 Å². The third kappa shape index (κ3) is 5.06. The van der Waals surface area contributed by atoms with E-state index < -0.39 is 11.0 Å². The van der Waals surface area contributed by atoms with Crippen molar-refractivity contribution in [3.8, 4) is 5.75 Å². The number of rotatable bonds is 6. The number of benzene rings is 2. The molecule has 0 saturated heterocycles. The molecule has 0 spiro atoms. The maximum Gasteiger partial charge on any atom is 0.274 e. The van der Waals surface area contributed by atoms with Gasteiger partial charge in [0.1, 0.15) is 5.75 Å². The largest absolute Gasteiger partial charge is 0.481 e. The minimum absolute atomic E-state index is 0.0282. The molecular formula is C21H26N2O4. The van der Waals surface area contributed by atoms with Gasteiger partial charge in [-0.2, -0.15) is 0 Å². The molecule has 0 aliphatic carbocycles. The van der Waals surface area contributed by atoms with E-state index in [0.717, 1.165) is 0 Å². The zero-order valence-electron chi connectivity index (χ0n) is 16.4. The van der Waals surface area contributed by atoms with E-state index in [1.165, 1.54) is 11.6 Å². The van der Waals surface area contributed by atoms with E-state index in [2.05, 4.69) is 26.1 Å². The molecule has 0 heterocycles. The van der Waals surface area contributed by atoms with Gasteiger partial charge in [0.05, 0.1) is 16.2 Å². The van der Waals surface area contributed by atoms with Crippen LogP contribution in [0.1, 0.15) is 45.2 Å². The molecule has 0 aromatic heterocycles. The first-order valence-corrected chi connectivity index (χ1v) is 8.95. The maximum atomic E-state index is 12.6. The number of anilines is 1. The van der Waals surface area contributed by atoms with Crippen molar-refractivity contribution in [3.63, 3.8) is 0 Å². The molecule has 6 nitrogen and oxygen atoms in total. The number of carbonyl (C=O) groups is 1. The lowest BCUT2D eigenvalue weighted by molar-refractivity contribution is -0.385. The topological polar surface area (TPSA) is 81.5 Å². The highest BCUT2D eigenvalue weighted by molar-refractivity contribution is 5.95. The summed E-state index contributed by atoms with van der Waals surface area (Å²) in [7, 11) is 0. The molecule has 2 aromatic carbocycles. The summed E-state index contributed by atoms with van der Waals surface area (Å²) in [6, 6.07) is 12.3. The molecule has 27 heavy (non-hydrogen) atoms. The molecule has 0 aliphatic rings. The summed E-state index contributed by atoms with van der Waals surface area (Å²) < 4.78 is 5.84. The monoisotopic (exact) mass is 370 g/mol. The molecule has 2 aromatic rings. The second kappa shape index (κ2) is 8.20. The molecule has 1 amide bonds. The minimum Gasteiger partial charge on any atom is -0.481 e. The number of nitrogens with one attached hydrogen (secondary N) is 1. The number of nitro benzene ring substituents is 1. The van der Waals surface area contributed by atoms with Gasteiger partial charge in [-0.25, -0.2) is 0 Å². The van der Waals surface area contributed by atoms with E-state index in [-0.39, 0.29) is 17.0 Å². The summed E-state index contributed by atoms with van der Waals surface area (Å²) >= 11 is 0. The lowest BCUT2D eigenvalue weighted by Crippen LogP contribution is -2.32. The molecule has 2 rings (SSSR count). The van der Waals surface area contributed by atoms with Gasteiger partial charge in [-0.1, -0.05) is 45.9 Å². The van der Waals surface area contributed by atoms with E-state index in [1.54, 1.807) is 19.1 Å². The van der Waals surface area contributed by atoms with Crippen molar-refractivity contribution >= 4 is 17.3 Å². The Morgan fingerprint density at radius 3 is 2.33 bits per heavy atom. The zero-order valence-corrected chi connectivity index (χ0v) is 16.4. The summed E-state index contributed by atoms with van der Waals surface area (Å²) in [6.07, 6.45) is -0.218. The molecule has 1 atom stereocenters. The van der Waals surface area contributed by atoms with Crippen LogP contribution in [0.5, 0.6) is 5.75 Å². The zero-order chi connectivity index (χ0) is 20.2. The number of hydrogen-bond donors (Lipinski definition) is 1. The molecule has 0 saturated carbocycles. The Bertz CT molecular complexity index is 823. The van der Waals surface area contributed by atoms with E-state index in [4.69, 9.17) is 4.74 Å². The van der Waals surface area contributed by atoms with Gasteiger partial charge in [-0.15, -0.1) is 0 Å². The summed E-state index contributed by atoms with van der Waals surface area (Å²) in [4.78, 5) is 23.2. The van der Waals surface area contributed by atoms with E-state index in [0.29, 0.717) is 23.4 Å². The molecule has 144 valence electrons.